The van der Waals surface area contributed by atoms with Crippen LogP contribution in [0.3, 0.4) is 0 Å². The molecule has 3 heterocycles. The van der Waals surface area contributed by atoms with E-state index in [4.69, 9.17) is 22.1 Å². The highest BCUT2D eigenvalue weighted by Gasteiger charge is 2.45. The van der Waals surface area contributed by atoms with Gasteiger partial charge in [0, 0.05) is 52.9 Å². The average molecular weight is 509 g/mol. The lowest BCUT2D eigenvalue weighted by Crippen LogP contribution is -2.42. The molecule has 8 heteroatoms. The number of hydrogen-bond acceptors (Lipinski definition) is 7. The summed E-state index contributed by atoms with van der Waals surface area (Å²) in [5, 5.41) is 13.0. The molecule has 1 fully saturated rings. The number of nitrogens with two attached hydrogens (primary N) is 1. The second-order valence-electron chi connectivity index (χ2n) is 10.2. The number of nitriles is 1. The van der Waals surface area contributed by atoms with Crippen LogP contribution in [0.15, 0.2) is 58.4 Å². The number of rotatable bonds is 4. The van der Waals surface area contributed by atoms with Gasteiger partial charge < -0.3 is 10.5 Å². The molecule has 1 saturated heterocycles. The van der Waals surface area contributed by atoms with Crippen molar-refractivity contribution in [2.45, 2.75) is 39.2 Å². The van der Waals surface area contributed by atoms with E-state index in [1.165, 1.54) is 5.56 Å². The van der Waals surface area contributed by atoms with E-state index in [9.17, 15) is 10.1 Å². The summed E-state index contributed by atoms with van der Waals surface area (Å²) >= 11 is 7.91. The van der Waals surface area contributed by atoms with Gasteiger partial charge >= 0.3 is 0 Å². The highest BCUT2D eigenvalue weighted by molar-refractivity contribution is 7.10. The van der Waals surface area contributed by atoms with E-state index >= 15 is 0 Å². The summed E-state index contributed by atoms with van der Waals surface area (Å²) in [6.07, 6.45) is 1.12. The molecule has 0 saturated carbocycles. The smallest absolute Gasteiger partial charge is 0.162 e. The monoisotopic (exact) mass is 508 g/mol. The number of ether oxygens (including phenoxy) is 1. The number of allylic oxidation sites excluding steroid dienone is 3. The third kappa shape index (κ3) is 4.64. The van der Waals surface area contributed by atoms with E-state index in [0.29, 0.717) is 34.8 Å². The highest BCUT2D eigenvalue weighted by Crippen LogP contribution is 2.51. The molecule has 2 aromatic rings. The quantitative estimate of drug-likeness (QED) is 0.613. The molecule has 0 spiro atoms. The predicted molar refractivity (Wildman–Crippen MR) is 139 cm³/mol. The molecule has 0 bridgehead atoms. The maximum absolute atomic E-state index is 13.7. The molecule has 1 aromatic carbocycles. The largest absolute Gasteiger partial charge is 0.384 e. The number of morpholine rings is 1. The maximum Gasteiger partial charge on any atom is 0.162 e. The number of hydrogen-bond donors (Lipinski definition) is 1. The summed E-state index contributed by atoms with van der Waals surface area (Å²) in [4.78, 5) is 18.9. The third-order valence-electron chi connectivity index (χ3n) is 6.92. The van der Waals surface area contributed by atoms with Gasteiger partial charge in [0.1, 0.15) is 5.82 Å². The van der Waals surface area contributed by atoms with Crippen LogP contribution in [0.5, 0.6) is 0 Å². The van der Waals surface area contributed by atoms with Crippen LogP contribution in [0.25, 0.3) is 0 Å². The maximum atomic E-state index is 13.7. The van der Waals surface area contributed by atoms with Crippen molar-refractivity contribution >= 4 is 34.4 Å². The Kier molecular flexibility index (Phi) is 6.49. The fourth-order valence-corrected chi connectivity index (χ4v) is 6.56. The van der Waals surface area contributed by atoms with Crippen molar-refractivity contribution in [1.82, 2.24) is 4.90 Å². The van der Waals surface area contributed by atoms with Gasteiger partial charge in [-0.2, -0.15) is 5.26 Å². The van der Waals surface area contributed by atoms with E-state index in [1.807, 2.05) is 23.1 Å². The van der Waals surface area contributed by atoms with E-state index in [0.717, 1.165) is 49.1 Å². The van der Waals surface area contributed by atoms with Crippen molar-refractivity contribution in [3.63, 3.8) is 0 Å². The SMILES string of the molecule is CC1(C)CC(=O)C2=C(C1)N(c1cccc(Cl)c1)C(N)=C(C#N)C2c1cc(CN2CCOCC2)cs1. The van der Waals surface area contributed by atoms with Gasteiger partial charge in [0.2, 0.25) is 0 Å². The molecular weight excluding hydrogens is 480 g/mol. The van der Waals surface area contributed by atoms with Gasteiger partial charge in [-0.3, -0.25) is 14.6 Å². The molecule has 2 N–H and O–H groups in total. The second kappa shape index (κ2) is 9.44. The van der Waals surface area contributed by atoms with Gasteiger partial charge in [-0.1, -0.05) is 31.5 Å². The Labute approximate surface area is 215 Å². The summed E-state index contributed by atoms with van der Waals surface area (Å²) in [5.74, 6) is 0.00118. The zero-order valence-electron chi connectivity index (χ0n) is 20.0. The van der Waals surface area contributed by atoms with Gasteiger partial charge in [0.25, 0.3) is 0 Å². The van der Waals surface area contributed by atoms with Crippen molar-refractivity contribution in [1.29, 1.82) is 5.26 Å². The lowest BCUT2D eigenvalue weighted by Gasteiger charge is -2.43. The molecule has 1 atom stereocenters. The minimum atomic E-state index is -0.447. The zero-order chi connectivity index (χ0) is 24.7. The minimum absolute atomic E-state index is 0.0802. The molecule has 5 rings (SSSR count). The minimum Gasteiger partial charge on any atom is -0.384 e. The molecule has 1 aliphatic carbocycles. The Balaban J connectivity index is 1.61. The Hall–Kier alpha value is -2.63. The van der Waals surface area contributed by atoms with Gasteiger partial charge in [0.05, 0.1) is 30.8 Å². The first-order chi connectivity index (χ1) is 16.8. The molecule has 3 aliphatic rings. The summed E-state index contributed by atoms with van der Waals surface area (Å²) in [7, 11) is 0. The fourth-order valence-electron chi connectivity index (χ4n) is 5.35. The molecule has 6 nitrogen and oxygen atoms in total. The molecule has 35 heavy (non-hydrogen) atoms. The van der Waals surface area contributed by atoms with Crippen molar-refractivity contribution in [2.24, 2.45) is 11.1 Å². The van der Waals surface area contributed by atoms with Gasteiger partial charge in [-0.25, -0.2) is 0 Å². The van der Waals surface area contributed by atoms with Crippen LogP contribution >= 0.6 is 22.9 Å². The lowest BCUT2D eigenvalue weighted by molar-refractivity contribution is -0.118. The van der Waals surface area contributed by atoms with Crippen LogP contribution in [0.4, 0.5) is 5.69 Å². The lowest BCUT2D eigenvalue weighted by atomic mass is 9.69. The molecule has 2 aliphatic heterocycles. The van der Waals surface area contributed by atoms with E-state index in [1.54, 1.807) is 17.4 Å². The summed E-state index contributed by atoms with van der Waals surface area (Å²) < 4.78 is 5.47. The van der Waals surface area contributed by atoms with Crippen LogP contribution < -0.4 is 10.6 Å². The predicted octanol–water partition coefficient (Wildman–Crippen LogP) is 5.17. The Morgan fingerprint density at radius 3 is 2.74 bits per heavy atom. The van der Waals surface area contributed by atoms with Gasteiger partial charge in [-0.05, 0) is 47.0 Å². The topological polar surface area (TPSA) is 82.6 Å². The van der Waals surface area contributed by atoms with E-state index in [2.05, 4.69) is 36.3 Å². The first kappa shape index (κ1) is 24.1. The van der Waals surface area contributed by atoms with Crippen molar-refractivity contribution in [3.8, 4) is 6.07 Å². The van der Waals surface area contributed by atoms with E-state index < -0.39 is 5.92 Å². The second-order valence-corrected chi connectivity index (χ2v) is 11.6. The molecule has 1 unspecified atom stereocenters. The Morgan fingerprint density at radius 1 is 1.26 bits per heavy atom. The number of carbonyl (C=O) groups excluding carboxylic acids is 1. The summed E-state index contributed by atoms with van der Waals surface area (Å²) in [6.45, 7) is 8.34. The van der Waals surface area contributed by atoms with Gasteiger partial charge in [0.15, 0.2) is 5.78 Å². The fraction of sp³-hybridized carbons (Fsp3) is 0.407. The first-order valence-corrected chi connectivity index (χ1v) is 13.1. The number of nitrogens with zero attached hydrogens (tertiary/aromatic N) is 3. The first-order valence-electron chi connectivity index (χ1n) is 11.9. The third-order valence-corrected chi connectivity index (χ3v) is 8.20. The summed E-state index contributed by atoms with van der Waals surface area (Å²) in [5.41, 5.74) is 10.4. The number of thiophene rings is 1. The molecular formula is C27H29ClN4O2S. The molecule has 0 amide bonds. The van der Waals surface area contributed by atoms with Crippen molar-refractivity contribution in [3.05, 3.63) is 73.8 Å². The molecule has 0 radical (unpaired) electrons. The number of halogens is 1. The molecule has 182 valence electrons. The number of Topliss-reactive ketones (excluding diaryl/α,β-unsaturated/α-hetero) is 1. The number of carbonyl (C=O) groups is 1. The zero-order valence-corrected chi connectivity index (χ0v) is 21.6. The number of anilines is 1. The van der Waals surface area contributed by atoms with Crippen LogP contribution in [0, 0.1) is 16.7 Å². The number of ketones is 1. The average Bonchev–Trinajstić information content (AvgIpc) is 3.26. The Morgan fingerprint density at radius 2 is 2.03 bits per heavy atom. The number of benzene rings is 1. The normalized spacial score (nSPS) is 22.9. The van der Waals surface area contributed by atoms with Crippen LogP contribution in [0.1, 0.15) is 43.0 Å². The molecule has 1 aromatic heterocycles. The van der Waals surface area contributed by atoms with Crippen molar-refractivity contribution < 1.29 is 9.53 Å². The van der Waals surface area contributed by atoms with Crippen LogP contribution in [0.2, 0.25) is 5.02 Å². The van der Waals surface area contributed by atoms with Gasteiger partial charge in [-0.15, -0.1) is 11.3 Å². The van der Waals surface area contributed by atoms with Crippen molar-refractivity contribution in [2.75, 3.05) is 31.2 Å². The van der Waals surface area contributed by atoms with E-state index in [-0.39, 0.29) is 11.2 Å². The van der Waals surface area contributed by atoms with Crippen LogP contribution in [-0.2, 0) is 16.1 Å². The standard InChI is InChI=1S/C27H29ClN4O2S/c1-27(2)12-21-25(22(33)13-27)24(23-10-17(16-35-23)15-31-6-8-34-9-7-31)20(14-29)26(30)32(21)19-5-3-4-18(28)11-19/h3-5,10-11,16,24H,6-9,12-13,15,30H2,1-2H3. The summed E-state index contributed by atoms with van der Waals surface area (Å²) in [6, 6.07) is 11.9. The highest BCUT2D eigenvalue weighted by atomic mass is 35.5. The Bertz CT molecular complexity index is 1270. The van der Waals surface area contributed by atoms with Crippen LogP contribution in [-0.4, -0.2) is 37.0 Å².